The van der Waals surface area contributed by atoms with Gasteiger partial charge in [-0.2, -0.15) is 4.98 Å². The van der Waals surface area contributed by atoms with Crippen LogP contribution < -0.4 is 15.8 Å². The first-order valence-corrected chi connectivity index (χ1v) is 9.91. The van der Waals surface area contributed by atoms with Crippen molar-refractivity contribution >= 4 is 28.9 Å². The second-order valence-corrected chi connectivity index (χ2v) is 7.42. The number of anilines is 1. The average molecular weight is 395 g/mol. The summed E-state index contributed by atoms with van der Waals surface area (Å²) in [5.41, 5.74) is 0.845. The van der Waals surface area contributed by atoms with Crippen molar-refractivity contribution in [1.29, 1.82) is 0 Å². The predicted octanol–water partition coefficient (Wildman–Crippen LogP) is 1.11. The standard InChI is InChI=1S/C19H21N7OS/c1-3-4-11-26-15-16(22-18(26)25-12-9-21-10-13-25)23-19(24(2)17(15)27)28-14-5-7-20-8-6-14/h5-8,21H,9-13H2,1-2H3. The smallest absolute Gasteiger partial charge is 0.280 e. The third kappa shape index (κ3) is 3.48. The minimum absolute atomic E-state index is 0.117. The molecule has 4 rings (SSSR count). The van der Waals surface area contributed by atoms with E-state index in [-0.39, 0.29) is 5.56 Å². The van der Waals surface area contributed by atoms with Gasteiger partial charge in [0.2, 0.25) is 5.95 Å². The molecule has 1 aliphatic heterocycles. The van der Waals surface area contributed by atoms with E-state index in [9.17, 15) is 4.79 Å². The number of rotatable bonds is 4. The van der Waals surface area contributed by atoms with Crippen LogP contribution in [0.15, 0.2) is 39.4 Å². The quantitative estimate of drug-likeness (QED) is 0.523. The molecule has 4 heterocycles. The number of fused-ring (bicyclic) bond motifs is 1. The Hall–Kier alpha value is -2.83. The molecular formula is C19H21N7OS. The Morgan fingerprint density at radius 1 is 1.21 bits per heavy atom. The summed E-state index contributed by atoms with van der Waals surface area (Å²) in [6, 6.07) is 3.78. The van der Waals surface area contributed by atoms with Crippen LogP contribution in [-0.2, 0) is 13.6 Å². The summed E-state index contributed by atoms with van der Waals surface area (Å²) >= 11 is 1.42. The normalized spacial score (nSPS) is 14.1. The highest BCUT2D eigenvalue weighted by Gasteiger charge is 2.23. The lowest BCUT2D eigenvalue weighted by Crippen LogP contribution is -2.44. The van der Waals surface area contributed by atoms with Crippen molar-refractivity contribution in [3.05, 3.63) is 34.9 Å². The first kappa shape index (κ1) is 18.5. The van der Waals surface area contributed by atoms with Crippen molar-refractivity contribution in [3.8, 4) is 11.8 Å². The largest absolute Gasteiger partial charge is 0.340 e. The number of imidazole rings is 1. The second kappa shape index (κ2) is 8.04. The van der Waals surface area contributed by atoms with Gasteiger partial charge in [-0.1, -0.05) is 17.7 Å². The molecule has 144 valence electrons. The zero-order chi connectivity index (χ0) is 19.5. The lowest BCUT2D eigenvalue weighted by atomic mass is 10.4. The van der Waals surface area contributed by atoms with Gasteiger partial charge in [0, 0.05) is 50.5 Å². The second-order valence-electron chi connectivity index (χ2n) is 6.38. The molecule has 3 aromatic rings. The zero-order valence-corrected chi connectivity index (χ0v) is 16.7. The molecule has 1 fully saturated rings. The van der Waals surface area contributed by atoms with Gasteiger partial charge in [-0.15, -0.1) is 5.92 Å². The van der Waals surface area contributed by atoms with Crippen molar-refractivity contribution in [1.82, 2.24) is 29.4 Å². The van der Waals surface area contributed by atoms with Gasteiger partial charge in [0.05, 0.1) is 6.54 Å². The Balaban J connectivity index is 1.85. The van der Waals surface area contributed by atoms with Gasteiger partial charge in [0.25, 0.3) is 5.56 Å². The van der Waals surface area contributed by atoms with Gasteiger partial charge in [-0.05, 0) is 19.1 Å². The number of aromatic nitrogens is 5. The average Bonchev–Trinajstić information content (AvgIpc) is 3.10. The molecule has 0 aliphatic carbocycles. The van der Waals surface area contributed by atoms with Crippen LogP contribution in [0.2, 0.25) is 0 Å². The fraction of sp³-hybridized carbons (Fsp3) is 0.368. The van der Waals surface area contributed by atoms with E-state index >= 15 is 0 Å². The Morgan fingerprint density at radius 2 is 1.96 bits per heavy atom. The molecule has 0 saturated carbocycles. The summed E-state index contributed by atoms with van der Waals surface area (Å²) in [6.07, 6.45) is 3.44. The Morgan fingerprint density at radius 3 is 2.68 bits per heavy atom. The van der Waals surface area contributed by atoms with Crippen LogP contribution in [0.5, 0.6) is 0 Å². The van der Waals surface area contributed by atoms with Crippen LogP contribution >= 0.6 is 11.8 Å². The minimum atomic E-state index is -0.117. The van der Waals surface area contributed by atoms with Crippen LogP contribution in [0.25, 0.3) is 11.2 Å². The Bertz CT molecular complexity index is 1100. The van der Waals surface area contributed by atoms with E-state index in [1.165, 1.54) is 11.8 Å². The third-order valence-corrected chi connectivity index (χ3v) is 5.65. The van der Waals surface area contributed by atoms with E-state index in [2.05, 4.69) is 27.0 Å². The van der Waals surface area contributed by atoms with Crippen molar-refractivity contribution in [2.45, 2.75) is 23.5 Å². The maximum absolute atomic E-state index is 13.2. The monoisotopic (exact) mass is 395 g/mol. The molecule has 1 N–H and O–H groups in total. The number of piperazine rings is 1. The van der Waals surface area contributed by atoms with Crippen molar-refractivity contribution in [2.24, 2.45) is 7.05 Å². The summed E-state index contributed by atoms with van der Waals surface area (Å²) in [4.78, 5) is 29.8. The molecule has 0 amide bonds. The Labute approximate surface area is 167 Å². The molecule has 3 aromatic heterocycles. The fourth-order valence-corrected chi connectivity index (χ4v) is 3.97. The summed E-state index contributed by atoms with van der Waals surface area (Å²) in [5, 5.41) is 3.94. The van der Waals surface area contributed by atoms with Gasteiger partial charge in [0.15, 0.2) is 16.3 Å². The minimum Gasteiger partial charge on any atom is -0.340 e. The van der Waals surface area contributed by atoms with Gasteiger partial charge < -0.3 is 10.2 Å². The summed E-state index contributed by atoms with van der Waals surface area (Å²) < 4.78 is 3.47. The first-order valence-electron chi connectivity index (χ1n) is 9.09. The van der Waals surface area contributed by atoms with Crippen LogP contribution in [0, 0.1) is 11.8 Å². The number of hydrogen-bond acceptors (Lipinski definition) is 7. The van der Waals surface area contributed by atoms with E-state index in [1.807, 2.05) is 16.7 Å². The highest BCUT2D eigenvalue weighted by molar-refractivity contribution is 7.99. The predicted molar refractivity (Wildman–Crippen MR) is 110 cm³/mol. The summed E-state index contributed by atoms with van der Waals surface area (Å²) in [5.74, 6) is 6.74. The number of nitrogens with one attached hydrogen (secondary N) is 1. The van der Waals surface area contributed by atoms with E-state index in [0.717, 1.165) is 37.0 Å². The molecule has 1 aliphatic rings. The molecule has 0 spiro atoms. The molecule has 8 nitrogen and oxygen atoms in total. The van der Waals surface area contributed by atoms with Crippen LogP contribution in [0.1, 0.15) is 6.92 Å². The summed E-state index contributed by atoms with van der Waals surface area (Å²) in [6.45, 7) is 5.65. The molecule has 1 saturated heterocycles. The van der Waals surface area contributed by atoms with Gasteiger partial charge >= 0.3 is 0 Å². The third-order valence-electron chi connectivity index (χ3n) is 4.60. The highest BCUT2D eigenvalue weighted by Crippen LogP contribution is 2.27. The summed E-state index contributed by atoms with van der Waals surface area (Å²) in [7, 11) is 1.74. The van der Waals surface area contributed by atoms with Crippen LogP contribution in [0.4, 0.5) is 5.95 Å². The number of pyridine rings is 1. The molecule has 9 heteroatoms. The van der Waals surface area contributed by atoms with Gasteiger partial charge in [-0.25, -0.2) is 4.98 Å². The Kier molecular flexibility index (Phi) is 5.32. The fourth-order valence-electron chi connectivity index (χ4n) is 3.15. The maximum atomic E-state index is 13.2. The number of nitrogens with zero attached hydrogens (tertiary/aromatic N) is 6. The number of hydrogen-bond donors (Lipinski definition) is 1. The van der Waals surface area contributed by atoms with E-state index < -0.39 is 0 Å². The van der Waals surface area contributed by atoms with Crippen molar-refractivity contribution in [2.75, 3.05) is 31.1 Å². The molecule has 0 unspecified atom stereocenters. The zero-order valence-electron chi connectivity index (χ0n) is 15.8. The van der Waals surface area contributed by atoms with Crippen molar-refractivity contribution < 1.29 is 0 Å². The maximum Gasteiger partial charge on any atom is 0.280 e. The molecule has 0 aromatic carbocycles. The van der Waals surface area contributed by atoms with Gasteiger partial charge in [0.1, 0.15) is 0 Å². The van der Waals surface area contributed by atoms with E-state index in [1.54, 1.807) is 30.9 Å². The molecule has 0 bridgehead atoms. The lowest BCUT2D eigenvalue weighted by molar-refractivity contribution is 0.573. The first-order chi connectivity index (χ1) is 13.7. The topological polar surface area (TPSA) is 80.9 Å². The molecular weight excluding hydrogens is 374 g/mol. The van der Waals surface area contributed by atoms with E-state index in [0.29, 0.717) is 22.9 Å². The lowest BCUT2D eigenvalue weighted by Gasteiger charge is -2.28. The van der Waals surface area contributed by atoms with Crippen LogP contribution in [-0.4, -0.2) is 50.3 Å². The van der Waals surface area contributed by atoms with E-state index in [4.69, 9.17) is 9.97 Å². The van der Waals surface area contributed by atoms with Crippen molar-refractivity contribution in [3.63, 3.8) is 0 Å². The molecule has 0 radical (unpaired) electrons. The van der Waals surface area contributed by atoms with Crippen LogP contribution in [0.3, 0.4) is 0 Å². The molecule has 0 atom stereocenters. The van der Waals surface area contributed by atoms with Gasteiger partial charge in [-0.3, -0.25) is 18.9 Å². The highest BCUT2D eigenvalue weighted by atomic mass is 32.2. The molecule has 28 heavy (non-hydrogen) atoms. The SMILES string of the molecule is CC#CCn1c(N2CCNCC2)nc2nc(Sc3ccncc3)n(C)c(=O)c21.